The van der Waals surface area contributed by atoms with Gasteiger partial charge in [-0.1, -0.05) is 0 Å². The van der Waals surface area contributed by atoms with E-state index in [1.165, 1.54) is 6.07 Å². The number of hydrogen-bond acceptors (Lipinski definition) is 5. The van der Waals surface area contributed by atoms with Crippen molar-refractivity contribution in [1.82, 2.24) is 10.3 Å². The van der Waals surface area contributed by atoms with Crippen molar-refractivity contribution in [3.8, 4) is 5.88 Å². The zero-order chi connectivity index (χ0) is 11.3. The molecule has 0 bridgehead atoms. The van der Waals surface area contributed by atoms with Crippen molar-refractivity contribution < 1.29 is 9.66 Å². The Balaban J connectivity index is 2.82. The predicted octanol–water partition coefficient (Wildman–Crippen LogP) is 0.896. The van der Waals surface area contributed by atoms with Gasteiger partial charge in [0.1, 0.15) is 6.61 Å². The van der Waals surface area contributed by atoms with Crippen LogP contribution in [0.25, 0.3) is 0 Å². The van der Waals surface area contributed by atoms with Gasteiger partial charge < -0.3 is 10.1 Å². The number of nitrogens with one attached hydrogen (secondary N) is 1. The molecule has 6 heteroatoms. The third kappa shape index (κ3) is 3.17. The highest BCUT2D eigenvalue weighted by atomic mass is 16.6. The lowest BCUT2D eigenvalue weighted by molar-refractivity contribution is -0.386. The summed E-state index contributed by atoms with van der Waals surface area (Å²) in [6.45, 7) is 2.73. The van der Waals surface area contributed by atoms with Crippen molar-refractivity contribution in [2.75, 3.05) is 20.2 Å². The first-order valence-electron chi connectivity index (χ1n) is 4.54. The van der Waals surface area contributed by atoms with E-state index in [1.807, 2.05) is 0 Å². The normalized spacial score (nSPS) is 10.0. The van der Waals surface area contributed by atoms with E-state index in [1.54, 1.807) is 20.0 Å². The quantitative estimate of drug-likeness (QED) is 0.444. The van der Waals surface area contributed by atoms with Crippen LogP contribution in [0, 0.1) is 17.0 Å². The second-order valence-corrected chi connectivity index (χ2v) is 2.99. The first-order valence-corrected chi connectivity index (χ1v) is 4.54. The van der Waals surface area contributed by atoms with Crippen LogP contribution in [0.15, 0.2) is 12.1 Å². The maximum atomic E-state index is 10.6. The molecule has 1 aromatic rings. The molecule has 82 valence electrons. The average Bonchev–Trinajstić information content (AvgIpc) is 2.18. The Morgan fingerprint density at radius 3 is 2.93 bits per heavy atom. The van der Waals surface area contributed by atoms with Gasteiger partial charge in [0.05, 0.1) is 4.92 Å². The van der Waals surface area contributed by atoms with Gasteiger partial charge in [0.2, 0.25) is 0 Å². The van der Waals surface area contributed by atoms with Crippen molar-refractivity contribution in [2.24, 2.45) is 0 Å². The van der Waals surface area contributed by atoms with E-state index < -0.39 is 4.92 Å². The molecule has 0 atom stereocenters. The minimum absolute atomic E-state index is 0.0789. The fourth-order valence-electron chi connectivity index (χ4n) is 1.02. The number of ether oxygens (including phenoxy) is 1. The van der Waals surface area contributed by atoms with Crippen LogP contribution in [0.3, 0.4) is 0 Å². The average molecular weight is 211 g/mol. The number of pyridine rings is 1. The number of hydrogen-bond donors (Lipinski definition) is 1. The zero-order valence-corrected chi connectivity index (χ0v) is 8.69. The molecule has 6 nitrogen and oxygen atoms in total. The Morgan fingerprint density at radius 2 is 2.33 bits per heavy atom. The van der Waals surface area contributed by atoms with E-state index in [0.29, 0.717) is 18.8 Å². The minimum Gasteiger partial charge on any atom is -0.471 e. The van der Waals surface area contributed by atoms with E-state index in [2.05, 4.69) is 10.3 Å². The largest absolute Gasteiger partial charge is 0.471 e. The molecule has 0 amide bonds. The molecule has 1 heterocycles. The van der Waals surface area contributed by atoms with Gasteiger partial charge in [-0.2, -0.15) is 0 Å². The molecule has 1 rings (SSSR count). The summed E-state index contributed by atoms with van der Waals surface area (Å²) in [6.07, 6.45) is 0. The smallest absolute Gasteiger partial charge is 0.330 e. The van der Waals surface area contributed by atoms with Gasteiger partial charge in [0, 0.05) is 18.3 Å². The highest BCUT2D eigenvalue weighted by molar-refractivity contribution is 5.41. The van der Waals surface area contributed by atoms with Crippen molar-refractivity contribution in [3.63, 3.8) is 0 Å². The number of aromatic nitrogens is 1. The third-order valence-electron chi connectivity index (χ3n) is 1.77. The maximum absolute atomic E-state index is 10.6. The number of rotatable bonds is 5. The summed E-state index contributed by atoms with van der Waals surface area (Å²) in [4.78, 5) is 14.1. The van der Waals surface area contributed by atoms with Crippen LogP contribution in [0.1, 0.15) is 5.69 Å². The van der Waals surface area contributed by atoms with Crippen LogP contribution in [0.2, 0.25) is 0 Å². The SMILES string of the molecule is CNCCOc1nc(C)ccc1[N+](=O)[O-]. The molecular formula is C9H13N3O3. The summed E-state index contributed by atoms with van der Waals surface area (Å²) in [5.41, 5.74) is 0.594. The van der Waals surface area contributed by atoms with Gasteiger partial charge in [0.25, 0.3) is 5.88 Å². The number of nitro groups is 1. The lowest BCUT2D eigenvalue weighted by atomic mass is 10.3. The van der Waals surface area contributed by atoms with Crippen LogP contribution in [-0.2, 0) is 0 Å². The first-order chi connectivity index (χ1) is 7.15. The summed E-state index contributed by atoms with van der Waals surface area (Å²) in [6, 6.07) is 2.99. The Morgan fingerprint density at radius 1 is 1.60 bits per heavy atom. The molecule has 0 aliphatic carbocycles. The van der Waals surface area contributed by atoms with E-state index >= 15 is 0 Å². The molecule has 0 saturated heterocycles. The lowest BCUT2D eigenvalue weighted by Crippen LogP contribution is -2.16. The Kier molecular flexibility index (Phi) is 3.99. The lowest BCUT2D eigenvalue weighted by Gasteiger charge is -2.05. The van der Waals surface area contributed by atoms with Crippen molar-refractivity contribution in [2.45, 2.75) is 6.92 Å². The van der Waals surface area contributed by atoms with Crippen molar-refractivity contribution in [1.29, 1.82) is 0 Å². The molecule has 0 aliphatic rings. The fraction of sp³-hybridized carbons (Fsp3) is 0.444. The Labute approximate surface area is 87.4 Å². The molecule has 0 fully saturated rings. The van der Waals surface area contributed by atoms with Crippen molar-refractivity contribution >= 4 is 5.69 Å². The van der Waals surface area contributed by atoms with Crippen LogP contribution >= 0.6 is 0 Å². The predicted molar refractivity (Wildman–Crippen MR) is 55.1 cm³/mol. The number of likely N-dealkylation sites (N-methyl/N-ethyl adjacent to an activating group) is 1. The molecular weight excluding hydrogens is 198 g/mol. The second kappa shape index (κ2) is 5.26. The monoisotopic (exact) mass is 211 g/mol. The molecule has 0 aliphatic heterocycles. The van der Waals surface area contributed by atoms with Crippen molar-refractivity contribution in [3.05, 3.63) is 27.9 Å². The Bertz CT molecular complexity index is 354. The van der Waals surface area contributed by atoms with Crippen LogP contribution in [-0.4, -0.2) is 30.1 Å². The number of nitrogens with zero attached hydrogens (tertiary/aromatic N) is 2. The molecule has 0 aromatic carbocycles. The summed E-state index contributed by atoms with van der Waals surface area (Å²) < 4.78 is 5.20. The van der Waals surface area contributed by atoms with Gasteiger partial charge in [-0.3, -0.25) is 10.1 Å². The summed E-state index contributed by atoms with van der Waals surface area (Å²) in [5.74, 6) is 0.0789. The molecule has 0 unspecified atom stereocenters. The molecule has 15 heavy (non-hydrogen) atoms. The van der Waals surface area contributed by atoms with E-state index in [9.17, 15) is 10.1 Å². The van der Waals surface area contributed by atoms with E-state index in [4.69, 9.17) is 4.74 Å². The van der Waals surface area contributed by atoms with Gasteiger partial charge in [-0.15, -0.1) is 0 Å². The summed E-state index contributed by atoms with van der Waals surface area (Å²) in [7, 11) is 1.78. The Hall–Kier alpha value is -1.69. The first kappa shape index (κ1) is 11.4. The summed E-state index contributed by atoms with van der Waals surface area (Å²) in [5, 5.41) is 13.5. The molecule has 1 N–H and O–H groups in total. The standard InChI is InChI=1S/C9H13N3O3/c1-7-3-4-8(12(13)14)9(11-7)15-6-5-10-2/h3-4,10H,5-6H2,1-2H3. The summed E-state index contributed by atoms with van der Waals surface area (Å²) >= 11 is 0. The van der Waals surface area contributed by atoms with Crippen LogP contribution in [0.4, 0.5) is 5.69 Å². The number of aryl methyl sites for hydroxylation is 1. The molecule has 0 radical (unpaired) electrons. The topological polar surface area (TPSA) is 77.3 Å². The zero-order valence-electron chi connectivity index (χ0n) is 8.69. The van der Waals surface area contributed by atoms with Crippen LogP contribution in [0.5, 0.6) is 5.88 Å². The van der Waals surface area contributed by atoms with Gasteiger partial charge in [-0.05, 0) is 20.0 Å². The van der Waals surface area contributed by atoms with Gasteiger partial charge in [0.15, 0.2) is 0 Å². The highest BCUT2D eigenvalue weighted by Gasteiger charge is 2.16. The minimum atomic E-state index is -0.499. The van der Waals surface area contributed by atoms with Crippen LogP contribution < -0.4 is 10.1 Å². The molecule has 1 aromatic heterocycles. The molecule has 0 spiro atoms. The van der Waals surface area contributed by atoms with Gasteiger partial charge in [-0.25, -0.2) is 4.98 Å². The second-order valence-electron chi connectivity index (χ2n) is 2.99. The van der Waals surface area contributed by atoms with Gasteiger partial charge >= 0.3 is 5.69 Å². The third-order valence-corrected chi connectivity index (χ3v) is 1.77. The maximum Gasteiger partial charge on any atom is 0.330 e. The molecule has 0 saturated carbocycles. The highest BCUT2D eigenvalue weighted by Crippen LogP contribution is 2.23. The fourth-order valence-corrected chi connectivity index (χ4v) is 1.02. The van der Waals surface area contributed by atoms with E-state index in [0.717, 1.165) is 0 Å². The van der Waals surface area contributed by atoms with E-state index in [-0.39, 0.29) is 11.6 Å².